The Morgan fingerprint density at radius 2 is 1.93 bits per heavy atom. The fourth-order valence-electron chi connectivity index (χ4n) is 3.50. The number of methoxy groups -OCH3 is 1. The Hall–Kier alpha value is -2.79. The number of hydrogen-bond acceptors (Lipinski definition) is 5. The van der Waals surface area contributed by atoms with E-state index in [0.717, 1.165) is 48.4 Å². The van der Waals surface area contributed by atoms with E-state index in [1.165, 1.54) is 11.1 Å². The molecule has 0 saturated carbocycles. The maximum Gasteiger partial charge on any atom is 0.136 e. The molecule has 0 saturated heterocycles. The summed E-state index contributed by atoms with van der Waals surface area (Å²) in [4.78, 5) is 11.9. The molecule has 0 aliphatic carbocycles. The lowest BCUT2D eigenvalue weighted by Gasteiger charge is -2.30. The Morgan fingerprint density at radius 1 is 1.07 bits per heavy atom. The van der Waals surface area contributed by atoms with Crippen LogP contribution in [0.3, 0.4) is 0 Å². The van der Waals surface area contributed by atoms with Crippen LogP contribution < -0.4 is 15.0 Å². The topological polar surface area (TPSA) is 50.3 Å². The van der Waals surface area contributed by atoms with Gasteiger partial charge in [0.05, 0.1) is 7.11 Å². The van der Waals surface area contributed by atoms with Gasteiger partial charge in [-0.25, -0.2) is 9.97 Å². The number of benzene rings is 2. The van der Waals surface area contributed by atoms with E-state index in [1.54, 1.807) is 7.11 Å². The zero-order valence-electron chi connectivity index (χ0n) is 16.9. The summed E-state index contributed by atoms with van der Waals surface area (Å²) >= 11 is 6.13. The minimum Gasteiger partial charge on any atom is -0.497 e. The Bertz CT molecular complexity index is 1020. The van der Waals surface area contributed by atoms with Crippen LogP contribution >= 0.6 is 11.6 Å². The van der Waals surface area contributed by atoms with Gasteiger partial charge < -0.3 is 15.0 Å². The second-order valence-corrected chi connectivity index (χ2v) is 8.00. The number of nitrogens with zero attached hydrogens (tertiary/aromatic N) is 3. The quantitative estimate of drug-likeness (QED) is 0.598. The zero-order valence-corrected chi connectivity index (χ0v) is 17.7. The lowest BCUT2D eigenvalue weighted by atomic mass is 9.99. The van der Waals surface area contributed by atoms with Gasteiger partial charge in [-0.05, 0) is 47.9 Å². The lowest BCUT2D eigenvalue weighted by Crippen LogP contribution is -2.31. The van der Waals surface area contributed by atoms with Gasteiger partial charge in [0, 0.05) is 35.8 Å². The zero-order chi connectivity index (χ0) is 20.4. The standard InChI is InChI=1S/C23H25ClN4O/c1-15(2)23-26-21(25-19-6-4-5-18(24)12-19)13-22(27-23)28-10-9-16-11-20(29-3)8-7-17(16)14-28/h4-8,11-13,15H,9-10,14H2,1-3H3,(H,25,26,27). The van der Waals surface area contributed by atoms with Crippen molar-refractivity contribution in [2.75, 3.05) is 23.9 Å². The van der Waals surface area contributed by atoms with Gasteiger partial charge in [-0.1, -0.05) is 37.6 Å². The number of fused-ring (bicyclic) bond motifs is 1. The summed E-state index contributed by atoms with van der Waals surface area (Å²) in [6.07, 6.45) is 0.963. The van der Waals surface area contributed by atoms with Gasteiger partial charge in [-0.3, -0.25) is 0 Å². The molecule has 0 fully saturated rings. The highest BCUT2D eigenvalue weighted by Gasteiger charge is 2.20. The summed E-state index contributed by atoms with van der Waals surface area (Å²) in [5.74, 6) is 3.69. The first-order valence-electron chi connectivity index (χ1n) is 9.84. The molecule has 4 rings (SSSR count). The summed E-state index contributed by atoms with van der Waals surface area (Å²) in [6.45, 7) is 5.95. The van der Waals surface area contributed by atoms with Gasteiger partial charge in [-0.15, -0.1) is 0 Å². The molecule has 0 atom stereocenters. The van der Waals surface area contributed by atoms with Gasteiger partial charge in [0.2, 0.25) is 0 Å². The highest BCUT2D eigenvalue weighted by molar-refractivity contribution is 6.30. The Morgan fingerprint density at radius 3 is 2.69 bits per heavy atom. The third-order valence-corrected chi connectivity index (χ3v) is 5.33. The van der Waals surface area contributed by atoms with Crippen LogP contribution in [0, 0.1) is 0 Å². The van der Waals surface area contributed by atoms with Crippen molar-refractivity contribution in [2.45, 2.75) is 32.7 Å². The summed E-state index contributed by atoms with van der Waals surface area (Å²) < 4.78 is 5.36. The predicted octanol–water partition coefficient (Wildman–Crippen LogP) is 5.57. The third-order valence-electron chi connectivity index (χ3n) is 5.09. The van der Waals surface area contributed by atoms with Crippen LogP contribution in [0.5, 0.6) is 5.75 Å². The average molecular weight is 409 g/mol. The van der Waals surface area contributed by atoms with Crippen molar-refractivity contribution in [2.24, 2.45) is 0 Å². The molecule has 3 aromatic rings. The van der Waals surface area contributed by atoms with Crippen LogP contribution in [0.2, 0.25) is 5.02 Å². The second kappa shape index (κ2) is 8.29. The molecule has 5 nitrogen and oxygen atoms in total. The highest BCUT2D eigenvalue weighted by Crippen LogP contribution is 2.29. The van der Waals surface area contributed by atoms with E-state index < -0.39 is 0 Å². The Labute approximate surface area is 176 Å². The van der Waals surface area contributed by atoms with Crippen molar-refractivity contribution in [3.05, 3.63) is 70.5 Å². The van der Waals surface area contributed by atoms with Gasteiger partial charge in [0.25, 0.3) is 0 Å². The van der Waals surface area contributed by atoms with Crippen molar-refractivity contribution >= 4 is 28.9 Å². The van der Waals surface area contributed by atoms with Crippen molar-refractivity contribution in [1.82, 2.24) is 9.97 Å². The van der Waals surface area contributed by atoms with Crippen molar-refractivity contribution in [3.63, 3.8) is 0 Å². The van der Waals surface area contributed by atoms with Gasteiger partial charge in [-0.2, -0.15) is 0 Å². The molecular weight excluding hydrogens is 384 g/mol. The SMILES string of the molecule is COc1ccc2c(c1)CCN(c1cc(Nc3cccc(Cl)c3)nc(C(C)C)n1)C2. The molecule has 1 aliphatic heterocycles. The molecule has 0 amide bonds. The minimum absolute atomic E-state index is 0.233. The van der Waals surface area contributed by atoms with Crippen molar-refractivity contribution in [3.8, 4) is 5.75 Å². The maximum atomic E-state index is 6.13. The van der Waals surface area contributed by atoms with Crippen LogP contribution in [-0.4, -0.2) is 23.6 Å². The van der Waals surface area contributed by atoms with Gasteiger partial charge in [0.1, 0.15) is 23.2 Å². The van der Waals surface area contributed by atoms with E-state index >= 15 is 0 Å². The molecule has 6 heteroatoms. The maximum absolute atomic E-state index is 6.13. The number of rotatable bonds is 5. The van der Waals surface area contributed by atoms with E-state index in [9.17, 15) is 0 Å². The van der Waals surface area contributed by atoms with Crippen molar-refractivity contribution < 1.29 is 4.74 Å². The normalized spacial score (nSPS) is 13.3. The fourth-order valence-corrected chi connectivity index (χ4v) is 3.69. The molecular formula is C23H25ClN4O. The summed E-state index contributed by atoms with van der Waals surface area (Å²) in [5.41, 5.74) is 3.56. The molecule has 1 N–H and O–H groups in total. The van der Waals surface area contributed by atoms with Gasteiger partial charge in [0.15, 0.2) is 0 Å². The van der Waals surface area contributed by atoms with E-state index in [2.05, 4.69) is 36.2 Å². The molecule has 0 unspecified atom stereocenters. The second-order valence-electron chi connectivity index (χ2n) is 7.57. The monoisotopic (exact) mass is 408 g/mol. The fraction of sp³-hybridized carbons (Fsp3) is 0.304. The average Bonchev–Trinajstić information content (AvgIpc) is 2.72. The summed E-state index contributed by atoms with van der Waals surface area (Å²) in [5, 5.41) is 4.07. The van der Waals surface area contributed by atoms with Crippen LogP contribution in [0.4, 0.5) is 17.3 Å². The van der Waals surface area contributed by atoms with Crippen LogP contribution in [0.15, 0.2) is 48.5 Å². The van der Waals surface area contributed by atoms with Crippen LogP contribution in [-0.2, 0) is 13.0 Å². The molecule has 150 valence electrons. The smallest absolute Gasteiger partial charge is 0.136 e. The summed E-state index contributed by atoms with van der Waals surface area (Å²) in [7, 11) is 1.71. The van der Waals surface area contributed by atoms with Crippen molar-refractivity contribution in [1.29, 1.82) is 0 Å². The molecule has 1 aliphatic rings. The van der Waals surface area contributed by atoms with E-state index in [4.69, 9.17) is 26.3 Å². The molecule has 0 spiro atoms. The van der Waals surface area contributed by atoms with E-state index in [1.807, 2.05) is 36.4 Å². The number of ether oxygens (including phenoxy) is 1. The number of anilines is 3. The highest BCUT2D eigenvalue weighted by atomic mass is 35.5. The van der Waals surface area contributed by atoms with E-state index in [0.29, 0.717) is 5.02 Å². The molecule has 29 heavy (non-hydrogen) atoms. The predicted molar refractivity (Wildman–Crippen MR) is 119 cm³/mol. The Kier molecular flexibility index (Phi) is 5.58. The number of halogens is 1. The first-order chi connectivity index (χ1) is 14.0. The molecule has 0 radical (unpaired) electrons. The first-order valence-corrected chi connectivity index (χ1v) is 10.2. The largest absolute Gasteiger partial charge is 0.497 e. The van der Waals surface area contributed by atoms with Gasteiger partial charge >= 0.3 is 0 Å². The summed E-state index contributed by atoms with van der Waals surface area (Å²) in [6, 6.07) is 16.0. The lowest BCUT2D eigenvalue weighted by molar-refractivity contribution is 0.413. The molecule has 0 bridgehead atoms. The number of aromatic nitrogens is 2. The third kappa shape index (κ3) is 4.46. The van der Waals surface area contributed by atoms with Crippen LogP contribution in [0.25, 0.3) is 0 Å². The minimum atomic E-state index is 0.233. The Balaban J connectivity index is 1.63. The molecule has 2 aromatic carbocycles. The van der Waals surface area contributed by atoms with Crippen LogP contribution in [0.1, 0.15) is 36.7 Å². The number of nitrogens with one attached hydrogen (secondary N) is 1. The first kappa shape index (κ1) is 19.5. The molecule has 2 heterocycles. The van der Waals surface area contributed by atoms with E-state index in [-0.39, 0.29) is 5.92 Å². The number of hydrogen-bond donors (Lipinski definition) is 1. The molecule has 1 aromatic heterocycles.